The van der Waals surface area contributed by atoms with Gasteiger partial charge in [-0.15, -0.1) is 0 Å². The Balaban J connectivity index is 1.58. The van der Waals surface area contributed by atoms with Gasteiger partial charge in [-0.05, 0) is 41.9 Å². The van der Waals surface area contributed by atoms with E-state index in [1.807, 2.05) is 6.07 Å². The van der Waals surface area contributed by atoms with Crippen LogP contribution >= 0.6 is 0 Å². The van der Waals surface area contributed by atoms with E-state index in [1.165, 1.54) is 19.3 Å². The van der Waals surface area contributed by atoms with Crippen LogP contribution in [0.4, 0.5) is 0 Å². The van der Waals surface area contributed by atoms with Crippen molar-refractivity contribution in [1.29, 1.82) is 0 Å². The Bertz CT molecular complexity index is 555. The van der Waals surface area contributed by atoms with Crippen molar-refractivity contribution in [2.24, 2.45) is 22.4 Å². The molecule has 2 saturated carbocycles. The van der Waals surface area contributed by atoms with E-state index in [1.54, 1.807) is 24.4 Å². The number of carbonyl (C=O) groups excluding carboxylic acids is 1. The third-order valence-electron chi connectivity index (χ3n) is 4.87. The van der Waals surface area contributed by atoms with Crippen molar-refractivity contribution < 1.29 is 9.90 Å². The summed E-state index contributed by atoms with van der Waals surface area (Å²) in [6.45, 7) is 2.22. The number of rotatable bonds is 3. The highest BCUT2D eigenvalue weighted by Crippen LogP contribution is 2.66. The predicted octanol–water partition coefficient (Wildman–Crippen LogP) is 2.67. The van der Waals surface area contributed by atoms with Gasteiger partial charge in [0.1, 0.15) is 5.75 Å². The number of nitrogens with zero attached hydrogens (tertiary/aromatic N) is 1. The predicted molar refractivity (Wildman–Crippen MR) is 77.4 cm³/mol. The molecule has 2 aliphatic rings. The van der Waals surface area contributed by atoms with Crippen LogP contribution in [0.25, 0.3) is 0 Å². The van der Waals surface area contributed by atoms with Crippen molar-refractivity contribution in [3.05, 3.63) is 29.8 Å². The molecule has 0 radical (unpaired) electrons. The van der Waals surface area contributed by atoms with Crippen molar-refractivity contribution in [3.8, 4) is 5.75 Å². The lowest BCUT2D eigenvalue weighted by molar-refractivity contribution is -0.123. The Labute approximate surface area is 118 Å². The molecule has 106 valence electrons. The molecule has 0 unspecified atom stereocenters. The lowest BCUT2D eigenvalue weighted by Gasteiger charge is -2.15. The molecular weight excluding hydrogens is 252 g/mol. The number of hydrogen-bond acceptors (Lipinski definition) is 3. The number of nitrogens with one attached hydrogen (secondary N) is 1. The largest absolute Gasteiger partial charge is 0.508 e. The van der Waals surface area contributed by atoms with Crippen LogP contribution in [0, 0.1) is 17.3 Å². The third-order valence-corrected chi connectivity index (χ3v) is 4.87. The number of phenols is 1. The maximum absolute atomic E-state index is 12.2. The van der Waals surface area contributed by atoms with E-state index in [0.29, 0.717) is 5.92 Å². The minimum atomic E-state index is 0.0378. The molecule has 3 atom stereocenters. The average molecular weight is 272 g/mol. The monoisotopic (exact) mass is 272 g/mol. The molecular formula is C16H20N2O2. The van der Waals surface area contributed by atoms with Gasteiger partial charge in [0, 0.05) is 5.92 Å². The summed E-state index contributed by atoms with van der Waals surface area (Å²) in [5, 5.41) is 13.3. The highest BCUT2D eigenvalue weighted by molar-refractivity contribution is 5.86. The number of carbonyl (C=O) groups is 1. The van der Waals surface area contributed by atoms with Gasteiger partial charge in [0.15, 0.2) is 0 Å². The van der Waals surface area contributed by atoms with Crippen LogP contribution in [0.3, 0.4) is 0 Å². The molecule has 0 aliphatic heterocycles. The minimum Gasteiger partial charge on any atom is -0.508 e. The van der Waals surface area contributed by atoms with Crippen LogP contribution in [0.1, 0.15) is 38.2 Å². The molecule has 0 heterocycles. The van der Waals surface area contributed by atoms with Crippen molar-refractivity contribution in [3.63, 3.8) is 0 Å². The standard InChI is InChI=1S/C16H20N2O2/c1-16-8-3-2-7-13(16)14(16)15(20)18-17-10-11-5-4-6-12(19)9-11/h4-6,9-10,13-14,19H,2-3,7-8H2,1H3,(H,18,20)/b17-10-/t13-,14+,16-/m0/s1. The Morgan fingerprint density at radius 2 is 2.35 bits per heavy atom. The van der Waals surface area contributed by atoms with Crippen LogP contribution < -0.4 is 5.43 Å². The summed E-state index contributed by atoms with van der Waals surface area (Å²) in [7, 11) is 0. The van der Waals surface area contributed by atoms with E-state index in [4.69, 9.17) is 0 Å². The van der Waals surface area contributed by atoms with Gasteiger partial charge in [0.25, 0.3) is 0 Å². The number of hydrogen-bond donors (Lipinski definition) is 2. The molecule has 2 aliphatic carbocycles. The molecule has 0 aromatic heterocycles. The van der Waals surface area contributed by atoms with E-state index in [0.717, 1.165) is 12.0 Å². The Morgan fingerprint density at radius 3 is 3.05 bits per heavy atom. The molecule has 1 aromatic rings. The fourth-order valence-corrected chi connectivity index (χ4v) is 3.70. The smallest absolute Gasteiger partial charge is 0.244 e. The van der Waals surface area contributed by atoms with E-state index >= 15 is 0 Å². The first-order valence-corrected chi connectivity index (χ1v) is 7.23. The van der Waals surface area contributed by atoms with Gasteiger partial charge in [-0.1, -0.05) is 31.9 Å². The van der Waals surface area contributed by atoms with Gasteiger partial charge in [0.2, 0.25) is 5.91 Å². The third kappa shape index (κ3) is 2.30. The van der Waals surface area contributed by atoms with Gasteiger partial charge in [-0.3, -0.25) is 4.79 Å². The maximum Gasteiger partial charge on any atom is 0.244 e. The molecule has 1 amide bonds. The molecule has 4 heteroatoms. The summed E-state index contributed by atoms with van der Waals surface area (Å²) >= 11 is 0. The second-order valence-corrected chi connectivity index (χ2v) is 6.17. The first-order valence-electron chi connectivity index (χ1n) is 7.23. The molecule has 2 N–H and O–H groups in total. The highest BCUT2D eigenvalue weighted by Gasteiger charge is 2.64. The Morgan fingerprint density at radius 1 is 1.50 bits per heavy atom. The SMILES string of the molecule is C[C@]12CCCC[C@H]1[C@@H]2C(=O)N/N=C\c1cccc(O)c1. The molecule has 2 fully saturated rings. The highest BCUT2D eigenvalue weighted by atomic mass is 16.3. The Hall–Kier alpha value is -1.84. The van der Waals surface area contributed by atoms with Crippen molar-refractivity contribution in [2.45, 2.75) is 32.6 Å². The van der Waals surface area contributed by atoms with Crippen LogP contribution in [0.5, 0.6) is 5.75 Å². The van der Waals surface area contributed by atoms with Gasteiger partial charge in [0.05, 0.1) is 6.21 Å². The van der Waals surface area contributed by atoms with Gasteiger partial charge in [-0.2, -0.15) is 5.10 Å². The molecule has 4 nitrogen and oxygen atoms in total. The van der Waals surface area contributed by atoms with Gasteiger partial charge in [-0.25, -0.2) is 5.43 Å². The summed E-state index contributed by atoms with van der Waals surface area (Å²) in [6.07, 6.45) is 6.38. The lowest BCUT2D eigenvalue weighted by atomic mass is 9.90. The number of fused-ring (bicyclic) bond motifs is 1. The maximum atomic E-state index is 12.2. The fraction of sp³-hybridized carbons (Fsp3) is 0.500. The number of amides is 1. The van der Waals surface area contributed by atoms with Crippen LogP contribution in [-0.4, -0.2) is 17.2 Å². The van der Waals surface area contributed by atoms with E-state index < -0.39 is 0 Å². The molecule has 0 bridgehead atoms. The average Bonchev–Trinajstić information content (AvgIpc) is 3.04. The van der Waals surface area contributed by atoms with Gasteiger partial charge < -0.3 is 5.11 Å². The quantitative estimate of drug-likeness (QED) is 0.656. The molecule has 0 saturated heterocycles. The first kappa shape index (κ1) is 13.2. The van der Waals surface area contributed by atoms with Gasteiger partial charge >= 0.3 is 0 Å². The zero-order chi connectivity index (χ0) is 14.2. The summed E-state index contributed by atoms with van der Waals surface area (Å²) in [4.78, 5) is 12.2. The lowest BCUT2D eigenvalue weighted by Crippen LogP contribution is -2.22. The number of hydrazone groups is 1. The van der Waals surface area contributed by atoms with E-state index in [9.17, 15) is 9.90 Å². The normalized spacial score (nSPS) is 31.9. The second-order valence-electron chi connectivity index (χ2n) is 6.17. The van der Waals surface area contributed by atoms with Crippen LogP contribution in [-0.2, 0) is 4.79 Å². The Kier molecular flexibility index (Phi) is 3.24. The topological polar surface area (TPSA) is 61.7 Å². The molecule has 20 heavy (non-hydrogen) atoms. The number of aromatic hydroxyl groups is 1. The van der Waals surface area contributed by atoms with E-state index in [-0.39, 0.29) is 23.0 Å². The second kappa shape index (κ2) is 4.93. The van der Waals surface area contributed by atoms with E-state index in [2.05, 4.69) is 17.5 Å². The van der Waals surface area contributed by atoms with Crippen molar-refractivity contribution in [2.75, 3.05) is 0 Å². The van der Waals surface area contributed by atoms with Crippen molar-refractivity contribution in [1.82, 2.24) is 5.43 Å². The minimum absolute atomic E-state index is 0.0378. The fourth-order valence-electron chi connectivity index (χ4n) is 3.70. The van der Waals surface area contributed by atoms with Crippen molar-refractivity contribution >= 4 is 12.1 Å². The first-order chi connectivity index (χ1) is 9.61. The summed E-state index contributed by atoms with van der Waals surface area (Å²) in [5.41, 5.74) is 3.62. The molecule has 1 aromatic carbocycles. The summed E-state index contributed by atoms with van der Waals surface area (Å²) in [6, 6.07) is 6.78. The van der Waals surface area contributed by atoms with Crippen LogP contribution in [0.15, 0.2) is 29.4 Å². The summed E-state index contributed by atoms with van der Waals surface area (Å²) in [5.74, 6) is 0.912. The summed E-state index contributed by atoms with van der Waals surface area (Å²) < 4.78 is 0. The number of benzene rings is 1. The molecule has 3 rings (SSSR count). The molecule has 0 spiro atoms. The number of phenolic OH excluding ortho intramolecular Hbond substituents is 1. The van der Waals surface area contributed by atoms with Crippen LogP contribution in [0.2, 0.25) is 0 Å². The zero-order valence-corrected chi connectivity index (χ0v) is 11.7. The zero-order valence-electron chi connectivity index (χ0n) is 11.7.